The number of hydrogen-bond acceptors (Lipinski definition) is 2. The van der Waals surface area contributed by atoms with Crippen molar-refractivity contribution in [2.45, 2.75) is 40.0 Å². The predicted molar refractivity (Wildman–Crippen MR) is 44.9 cm³/mol. The van der Waals surface area contributed by atoms with Crippen molar-refractivity contribution in [3.8, 4) is 0 Å². The second-order valence-electron chi connectivity index (χ2n) is 1.79. The van der Waals surface area contributed by atoms with Crippen LogP contribution in [0, 0.1) is 0 Å². The lowest BCUT2D eigenvalue weighted by atomic mass is 10.4. The molecule has 0 rings (SSSR count). The molecule has 0 amide bonds. The van der Waals surface area contributed by atoms with Crippen LogP contribution in [0.3, 0.4) is 0 Å². The third-order valence-electron chi connectivity index (χ3n) is 0.789. The monoisotopic (exact) mass is 134 g/mol. The molecule has 0 spiro atoms. The summed E-state index contributed by atoms with van der Waals surface area (Å²) in [5, 5.41) is 0. The first kappa shape index (κ1) is 16.0. The maximum Gasteiger partial charge on any atom is -0.00799 e. The van der Waals surface area contributed by atoms with Gasteiger partial charge in [-0.25, -0.2) is 0 Å². The minimum absolute atomic E-state index is 0. The van der Waals surface area contributed by atoms with Gasteiger partial charge in [-0.1, -0.05) is 33.6 Å². The van der Waals surface area contributed by atoms with E-state index in [-0.39, 0.29) is 6.15 Å². The molecule has 0 aromatic rings. The van der Waals surface area contributed by atoms with E-state index in [2.05, 4.69) is 20.8 Å². The van der Waals surface area contributed by atoms with Crippen LogP contribution in [0.25, 0.3) is 0 Å². The van der Waals surface area contributed by atoms with Crippen molar-refractivity contribution < 1.29 is 0 Å². The van der Waals surface area contributed by atoms with Crippen LogP contribution >= 0.6 is 0 Å². The minimum atomic E-state index is 0. The molecule has 0 aliphatic carbocycles. The van der Waals surface area contributed by atoms with E-state index >= 15 is 0 Å². The van der Waals surface area contributed by atoms with E-state index in [1.165, 1.54) is 12.8 Å². The summed E-state index contributed by atoms with van der Waals surface area (Å²) in [7, 11) is 0. The molecule has 0 atom stereocenters. The zero-order chi connectivity index (χ0) is 6.83. The van der Waals surface area contributed by atoms with Crippen LogP contribution in [0.4, 0.5) is 0 Å². The number of unbranched alkanes of at least 4 members (excludes halogenated alkanes) is 1. The molecule has 2 heteroatoms. The summed E-state index contributed by atoms with van der Waals surface area (Å²) in [4.78, 5) is 0. The van der Waals surface area contributed by atoms with E-state index in [9.17, 15) is 0 Å². The predicted octanol–water partition coefficient (Wildman–Crippen LogP) is 2.32. The van der Waals surface area contributed by atoms with Gasteiger partial charge in [-0.15, -0.1) is 0 Å². The fourth-order valence-electron chi connectivity index (χ4n) is 0. The first-order chi connectivity index (χ1) is 3.83. The molecule has 0 fully saturated rings. The standard InChI is InChI=1S/C4H10.C3H9N.H3N/c1-3-4-2;1-2-3-4;/h3-4H2,1-2H3;2-4H2,1H3;1H3. The van der Waals surface area contributed by atoms with Crippen LogP contribution in [0.2, 0.25) is 0 Å². The fourth-order valence-corrected chi connectivity index (χ4v) is 0. The van der Waals surface area contributed by atoms with Gasteiger partial charge in [0.05, 0.1) is 0 Å². The first-order valence-electron chi connectivity index (χ1n) is 3.53. The van der Waals surface area contributed by atoms with Crippen molar-refractivity contribution in [2.75, 3.05) is 6.54 Å². The Bertz CT molecular complexity index is 14.9. The SMILES string of the molecule is CCCC.CCCN.N. The Morgan fingerprint density at radius 1 is 0.889 bits per heavy atom. The molecule has 0 unspecified atom stereocenters. The number of nitrogens with two attached hydrogens (primary N) is 1. The van der Waals surface area contributed by atoms with E-state index in [0.717, 1.165) is 13.0 Å². The Morgan fingerprint density at radius 2 is 1.11 bits per heavy atom. The second kappa shape index (κ2) is 24.7. The molecule has 0 bridgehead atoms. The zero-order valence-corrected chi connectivity index (χ0v) is 7.11. The third-order valence-corrected chi connectivity index (χ3v) is 0.789. The van der Waals surface area contributed by atoms with E-state index in [4.69, 9.17) is 5.73 Å². The van der Waals surface area contributed by atoms with E-state index < -0.39 is 0 Å². The lowest BCUT2D eigenvalue weighted by molar-refractivity contribution is 0.886. The lowest BCUT2D eigenvalue weighted by Gasteiger charge is -1.70. The molecule has 0 heterocycles. The smallest absolute Gasteiger partial charge is 0.00799 e. The van der Waals surface area contributed by atoms with Gasteiger partial charge in [-0.3, -0.25) is 0 Å². The largest absolute Gasteiger partial charge is 0.344 e. The van der Waals surface area contributed by atoms with Gasteiger partial charge in [-0.2, -0.15) is 0 Å². The molecule has 0 aromatic heterocycles. The van der Waals surface area contributed by atoms with E-state index in [1.807, 2.05) is 0 Å². The van der Waals surface area contributed by atoms with Crippen molar-refractivity contribution >= 4 is 0 Å². The van der Waals surface area contributed by atoms with Crippen LogP contribution in [0.5, 0.6) is 0 Å². The molecule has 5 N–H and O–H groups in total. The van der Waals surface area contributed by atoms with Crippen LogP contribution in [-0.2, 0) is 0 Å². The molecule has 0 aliphatic rings. The van der Waals surface area contributed by atoms with Crippen molar-refractivity contribution in [1.29, 1.82) is 0 Å². The molecular formula is C7H22N2. The Kier molecular flexibility index (Phi) is 43.8. The van der Waals surface area contributed by atoms with Gasteiger partial charge in [0.1, 0.15) is 0 Å². The van der Waals surface area contributed by atoms with Crippen LogP contribution < -0.4 is 11.9 Å². The molecule has 9 heavy (non-hydrogen) atoms. The Balaban J connectivity index is -0.0000000720. The molecule has 0 aromatic carbocycles. The van der Waals surface area contributed by atoms with E-state index in [0.29, 0.717) is 0 Å². The summed E-state index contributed by atoms with van der Waals surface area (Å²) in [5.74, 6) is 0. The van der Waals surface area contributed by atoms with Gasteiger partial charge in [0, 0.05) is 0 Å². The zero-order valence-electron chi connectivity index (χ0n) is 7.11. The van der Waals surface area contributed by atoms with Gasteiger partial charge in [0.15, 0.2) is 0 Å². The number of rotatable bonds is 2. The highest BCUT2D eigenvalue weighted by Crippen LogP contribution is 1.76. The highest BCUT2D eigenvalue weighted by atomic mass is 14.5. The molecule has 2 nitrogen and oxygen atoms in total. The number of hydrogen-bond donors (Lipinski definition) is 2. The molecule has 60 valence electrons. The van der Waals surface area contributed by atoms with Crippen LogP contribution in [0.1, 0.15) is 40.0 Å². The van der Waals surface area contributed by atoms with E-state index in [1.54, 1.807) is 0 Å². The Labute approximate surface area is 59.4 Å². The average molecular weight is 134 g/mol. The summed E-state index contributed by atoms with van der Waals surface area (Å²) < 4.78 is 0. The van der Waals surface area contributed by atoms with Gasteiger partial charge in [0.25, 0.3) is 0 Å². The van der Waals surface area contributed by atoms with Crippen molar-refractivity contribution in [3.63, 3.8) is 0 Å². The van der Waals surface area contributed by atoms with Crippen molar-refractivity contribution in [2.24, 2.45) is 5.73 Å². The fraction of sp³-hybridized carbons (Fsp3) is 1.00. The van der Waals surface area contributed by atoms with Gasteiger partial charge in [0.2, 0.25) is 0 Å². The Hall–Kier alpha value is -0.0800. The summed E-state index contributed by atoms with van der Waals surface area (Å²) >= 11 is 0. The summed E-state index contributed by atoms with van der Waals surface area (Å²) in [6, 6.07) is 0. The van der Waals surface area contributed by atoms with Crippen LogP contribution in [0.15, 0.2) is 0 Å². The Morgan fingerprint density at radius 3 is 1.11 bits per heavy atom. The quantitative estimate of drug-likeness (QED) is 0.609. The van der Waals surface area contributed by atoms with Crippen LogP contribution in [-0.4, -0.2) is 6.54 Å². The molecule has 0 saturated carbocycles. The van der Waals surface area contributed by atoms with Crippen molar-refractivity contribution in [3.05, 3.63) is 0 Å². The molecule has 0 radical (unpaired) electrons. The molecule has 0 aliphatic heterocycles. The molecule has 0 saturated heterocycles. The maximum absolute atomic E-state index is 5.03. The second-order valence-corrected chi connectivity index (χ2v) is 1.79. The lowest BCUT2D eigenvalue weighted by Crippen LogP contribution is -1.93. The minimum Gasteiger partial charge on any atom is -0.344 e. The first-order valence-corrected chi connectivity index (χ1v) is 3.53. The average Bonchev–Trinajstić information content (AvgIpc) is 1.88. The maximum atomic E-state index is 5.03. The summed E-state index contributed by atoms with van der Waals surface area (Å²) in [5.41, 5.74) is 5.03. The third kappa shape index (κ3) is 75.3. The highest BCUT2D eigenvalue weighted by molar-refractivity contribution is 4.19. The molecular weight excluding hydrogens is 112 g/mol. The van der Waals surface area contributed by atoms with Gasteiger partial charge < -0.3 is 11.9 Å². The summed E-state index contributed by atoms with van der Waals surface area (Å²) in [6.45, 7) is 7.24. The van der Waals surface area contributed by atoms with Gasteiger partial charge >= 0.3 is 0 Å². The topological polar surface area (TPSA) is 61.0 Å². The normalized spacial score (nSPS) is 6.67. The highest BCUT2D eigenvalue weighted by Gasteiger charge is 1.56. The van der Waals surface area contributed by atoms with Gasteiger partial charge in [-0.05, 0) is 13.0 Å². The summed E-state index contributed by atoms with van der Waals surface area (Å²) in [6.07, 6.45) is 3.74. The van der Waals surface area contributed by atoms with Crippen molar-refractivity contribution in [1.82, 2.24) is 6.15 Å².